The van der Waals surface area contributed by atoms with Crippen LogP contribution in [0.4, 0.5) is 4.79 Å². The van der Waals surface area contributed by atoms with E-state index in [0.29, 0.717) is 26.1 Å². The van der Waals surface area contributed by atoms with Crippen LogP contribution in [0.5, 0.6) is 0 Å². The van der Waals surface area contributed by atoms with E-state index in [1.54, 1.807) is 27.7 Å². The number of nitrogens with one attached hydrogen (secondary N) is 1. The van der Waals surface area contributed by atoms with E-state index in [1.165, 1.54) is 14.0 Å². The molecule has 0 fully saturated rings. The number of rotatable bonds is 15. The molecule has 0 aliphatic carbocycles. The smallest absolute Gasteiger partial charge is 0.408 e. The summed E-state index contributed by atoms with van der Waals surface area (Å²) in [6.07, 6.45) is -1.16. The summed E-state index contributed by atoms with van der Waals surface area (Å²) in [6, 6.07) is 18.5. The molecule has 0 unspecified atom stereocenters. The van der Waals surface area contributed by atoms with E-state index in [-0.39, 0.29) is 6.42 Å². The highest BCUT2D eigenvalue weighted by Gasteiger charge is 2.32. The van der Waals surface area contributed by atoms with E-state index in [2.05, 4.69) is 5.32 Å². The Labute approximate surface area is 237 Å². The minimum atomic E-state index is -0.899. The summed E-state index contributed by atoms with van der Waals surface area (Å²) in [6.45, 7) is 8.98. The molecule has 2 aromatic rings. The maximum atomic E-state index is 12.4. The minimum absolute atomic E-state index is 0.282. The second kappa shape index (κ2) is 16.6. The summed E-state index contributed by atoms with van der Waals surface area (Å²) >= 11 is 0. The molecule has 0 aliphatic rings. The van der Waals surface area contributed by atoms with Crippen LogP contribution in [0.25, 0.3) is 0 Å². The van der Waals surface area contributed by atoms with Crippen molar-refractivity contribution in [1.29, 1.82) is 0 Å². The second-order valence-electron chi connectivity index (χ2n) is 10.6. The number of carbonyl (C=O) groups excluding carboxylic acids is 3. The number of hydrogen-bond acceptors (Lipinski definition) is 8. The summed E-state index contributed by atoms with van der Waals surface area (Å²) < 4.78 is 28.4. The van der Waals surface area contributed by atoms with Gasteiger partial charge in [-0.2, -0.15) is 0 Å². The molecular formula is C31H43NO8. The topological polar surface area (TPSA) is 109 Å². The normalized spacial score (nSPS) is 14.3. The molecule has 0 heterocycles. The lowest BCUT2D eigenvalue weighted by Crippen LogP contribution is -2.44. The van der Waals surface area contributed by atoms with Crippen molar-refractivity contribution in [2.75, 3.05) is 7.11 Å². The number of alkyl carbamates (subject to hydrolysis) is 1. The molecule has 2 rings (SSSR count). The lowest BCUT2D eigenvalue weighted by Gasteiger charge is -2.32. The van der Waals surface area contributed by atoms with Gasteiger partial charge in [-0.3, -0.25) is 4.79 Å². The number of hydrogen-bond donors (Lipinski definition) is 1. The van der Waals surface area contributed by atoms with Gasteiger partial charge in [-0.15, -0.1) is 0 Å². The van der Waals surface area contributed by atoms with E-state index in [1.807, 2.05) is 60.7 Å². The van der Waals surface area contributed by atoms with Crippen LogP contribution in [0.15, 0.2) is 60.7 Å². The Morgan fingerprint density at radius 3 is 1.90 bits per heavy atom. The first-order valence-corrected chi connectivity index (χ1v) is 13.5. The Morgan fingerprint density at radius 2 is 1.40 bits per heavy atom. The Hall–Kier alpha value is -3.43. The molecule has 0 aliphatic heterocycles. The van der Waals surface area contributed by atoms with Crippen LogP contribution in [0, 0.1) is 0 Å². The molecule has 0 aromatic heterocycles. The highest BCUT2D eigenvalue weighted by atomic mass is 16.6. The molecule has 9 nitrogen and oxygen atoms in total. The van der Waals surface area contributed by atoms with Crippen LogP contribution < -0.4 is 5.32 Å². The quantitative estimate of drug-likeness (QED) is 0.231. The summed E-state index contributed by atoms with van der Waals surface area (Å²) in [5.41, 5.74) is 1.24. The van der Waals surface area contributed by atoms with Gasteiger partial charge in [0.05, 0.1) is 26.4 Å². The fraction of sp³-hybridized carbons (Fsp3) is 0.516. The van der Waals surface area contributed by atoms with Gasteiger partial charge in [0.25, 0.3) is 0 Å². The molecule has 0 saturated carbocycles. The zero-order valence-electron chi connectivity index (χ0n) is 24.4. The lowest BCUT2D eigenvalue weighted by molar-refractivity contribution is -0.168. The molecule has 0 radical (unpaired) electrons. The maximum absolute atomic E-state index is 12.4. The van der Waals surface area contributed by atoms with Crippen molar-refractivity contribution in [2.24, 2.45) is 0 Å². The van der Waals surface area contributed by atoms with Crippen molar-refractivity contribution >= 4 is 18.0 Å². The number of esters is 2. The zero-order chi connectivity index (χ0) is 29.5. The molecule has 0 bridgehead atoms. The Kier molecular flexibility index (Phi) is 13.6. The zero-order valence-corrected chi connectivity index (χ0v) is 24.4. The number of methoxy groups -OCH3 is 1. The maximum Gasteiger partial charge on any atom is 0.408 e. The Bertz CT molecular complexity index is 1040. The Morgan fingerprint density at radius 1 is 0.850 bits per heavy atom. The van der Waals surface area contributed by atoms with Gasteiger partial charge in [-0.05, 0) is 58.1 Å². The fourth-order valence-corrected chi connectivity index (χ4v) is 4.12. The molecule has 9 heteroatoms. The van der Waals surface area contributed by atoms with Crippen molar-refractivity contribution in [3.05, 3.63) is 71.8 Å². The largest absolute Gasteiger partial charge is 0.467 e. The predicted octanol–water partition coefficient (Wildman–Crippen LogP) is 5.35. The van der Waals surface area contributed by atoms with E-state index in [0.717, 1.165) is 11.1 Å². The van der Waals surface area contributed by atoms with Crippen LogP contribution >= 0.6 is 0 Å². The number of ether oxygens (including phenoxy) is 5. The third-order valence-corrected chi connectivity index (χ3v) is 5.93. The molecular weight excluding hydrogens is 514 g/mol. The summed E-state index contributed by atoms with van der Waals surface area (Å²) in [5, 5.41) is 2.60. The first-order valence-electron chi connectivity index (χ1n) is 13.5. The van der Waals surface area contributed by atoms with Gasteiger partial charge in [0.1, 0.15) is 23.9 Å². The third kappa shape index (κ3) is 12.6. The highest BCUT2D eigenvalue weighted by Crippen LogP contribution is 2.22. The summed E-state index contributed by atoms with van der Waals surface area (Å²) in [4.78, 5) is 36.6. The van der Waals surface area contributed by atoms with Crippen molar-refractivity contribution < 1.29 is 38.1 Å². The van der Waals surface area contributed by atoms with Crippen molar-refractivity contribution in [1.82, 2.24) is 5.32 Å². The van der Waals surface area contributed by atoms with E-state index >= 15 is 0 Å². The molecule has 1 amide bonds. The van der Waals surface area contributed by atoms with Crippen LogP contribution in [0.1, 0.15) is 65.0 Å². The molecule has 4 atom stereocenters. The van der Waals surface area contributed by atoms with Crippen LogP contribution in [-0.4, -0.2) is 55.1 Å². The third-order valence-electron chi connectivity index (χ3n) is 5.93. The number of amides is 1. The lowest BCUT2D eigenvalue weighted by atomic mass is 10.00. The van der Waals surface area contributed by atoms with E-state index in [9.17, 15) is 14.4 Å². The first-order chi connectivity index (χ1) is 19.0. The van der Waals surface area contributed by atoms with Gasteiger partial charge in [-0.1, -0.05) is 60.7 Å². The SMILES string of the molecule is COC(=O)[C@H](CCC[C@H](OCc1ccccc1)[C@@H](OCc1ccccc1)[C@H](C)OC(C)=O)NC(=O)OC(C)(C)C. The molecule has 0 spiro atoms. The van der Waals surface area contributed by atoms with Gasteiger partial charge in [0.2, 0.25) is 0 Å². The number of benzene rings is 2. The van der Waals surface area contributed by atoms with E-state index in [4.69, 9.17) is 23.7 Å². The van der Waals surface area contributed by atoms with Crippen molar-refractivity contribution in [3.63, 3.8) is 0 Å². The molecule has 0 saturated heterocycles. The fourth-order valence-electron chi connectivity index (χ4n) is 4.12. The van der Waals surface area contributed by atoms with Gasteiger partial charge in [-0.25, -0.2) is 9.59 Å². The molecule has 1 N–H and O–H groups in total. The number of carbonyl (C=O) groups is 3. The van der Waals surface area contributed by atoms with Gasteiger partial charge >= 0.3 is 18.0 Å². The predicted molar refractivity (Wildman–Crippen MR) is 150 cm³/mol. The van der Waals surface area contributed by atoms with E-state index < -0.39 is 48.0 Å². The molecule has 2 aromatic carbocycles. The highest BCUT2D eigenvalue weighted by molar-refractivity contribution is 5.81. The van der Waals surface area contributed by atoms with Gasteiger partial charge in [0.15, 0.2) is 0 Å². The minimum Gasteiger partial charge on any atom is -0.467 e. The van der Waals surface area contributed by atoms with Gasteiger partial charge in [0, 0.05) is 6.92 Å². The summed E-state index contributed by atoms with van der Waals surface area (Å²) in [5.74, 6) is -0.993. The first kappa shape index (κ1) is 32.8. The van der Waals surface area contributed by atoms with Crippen LogP contribution in [0.3, 0.4) is 0 Å². The van der Waals surface area contributed by atoms with Crippen LogP contribution in [-0.2, 0) is 46.5 Å². The van der Waals surface area contributed by atoms with Crippen LogP contribution in [0.2, 0.25) is 0 Å². The standard InChI is InChI=1S/C31H43NO8/c1-22(39-23(2)33)28(38-21-25-16-11-8-12-17-25)27(37-20-24-14-9-7-10-15-24)19-13-18-26(29(34)36-6)32-30(35)40-31(3,4)5/h7-12,14-17,22,26-28H,13,18-21H2,1-6H3,(H,32,35)/t22-,26-,27-,28-/m0/s1. The molecule has 220 valence electrons. The second-order valence-corrected chi connectivity index (χ2v) is 10.6. The van der Waals surface area contributed by atoms with Crippen molar-refractivity contribution in [3.8, 4) is 0 Å². The van der Waals surface area contributed by atoms with Crippen molar-refractivity contribution in [2.45, 2.75) is 97.0 Å². The Balaban J connectivity index is 2.19. The average Bonchev–Trinajstić information content (AvgIpc) is 2.90. The average molecular weight is 558 g/mol. The monoisotopic (exact) mass is 557 g/mol. The van der Waals surface area contributed by atoms with Gasteiger partial charge < -0.3 is 29.0 Å². The molecule has 40 heavy (non-hydrogen) atoms. The summed E-state index contributed by atoms with van der Waals surface area (Å²) in [7, 11) is 1.27.